The van der Waals surface area contributed by atoms with Gasteiger partial charge in [0.1, 0.15) is 0 Å². The van der Waals surface area contributed by atoms with Crippen LogP contribution in [0.2, 0.25) is 0 Å². The van der Waals surface area contributed by atoms with Crippen LogP contribution in [0.4, 0.5) is 5.69 Å². The summed E-state index contributed by atoms with van der Waals surface area (Å²) < 4.78 is 6.40. The Morgan fingerprint density at radius 3 is 2.21 bits per heavy atom. The first-order chi connectivity index (χ1) is 14.4. The van der Waals surface area contributed by atoms with E-state index in [1.54, 1.807) is 11.9 Å². The van der Waals surface area contributed by atoms with E-state index in [2.05, 4.69) is 89.7 Å². The van der Waals surface area contributed by atoms with E-state index in [0.717, 1.165) is 0 Å². The molecule has 0 bridgehead atoms. The van der Waals surface area contributed by atoms with Crippen LogP contribution in [0.25, 0.3) is 52.8 Å². The van der Waals surface area contributed by atoms with Gasteiger partial charge in [-0.2, -0.15) is 0 Å². The number of hydrogen-bond acceptors (Lipinski definition) is 3. The fourth-order valence-corrected chi connectivity index (χ4v) is 6.87. The van der Waals surface area contributed by atoms with E-state index in [-0.39, 0.29) is 0 Å². The quantitative estimate of drug-likeness (QED) is 0.254. The Labute approximate surface area is 176 Å². The molecule has 7 rings (SSSR count). The predicted molar refractivity (Wildman–Crippen MR) is 129 cm³/mol. The van der Waals surface area contributed by atoms with Gasteiger partial charge in [0, 0.05) is 31.5 Å². The minimum atomic E-state index is 1.26. The van der Waals surface area contributed by atoms with Gasteiger partial charge in [-0.15, -0.1) is 11.3 Å². The minimum absolute atomic E-state index is 1.26. The molecule has 0 amide bonds. The zero-order chi connectivity index (χ0) is 18.9. The lowest BCUT2D eigenvalue weighted by atomic mass is 9.90. The molecule has 3 heteroatoms. The molecule has 29 heavy (non-hydrogen) atoms. The maximum Gasteiger partial charge on any atom is 0.0710 e. The fourth-order valence-electron chi connectivity index (χ4n) is 4.71. The van der Waals surface area contributed by atoms with Gasteiger partial charge in [-0.1, -0.05) is 72.8 Å². The molecule has 1 aromatic heterocycles. The second kappa shape index (κ2) is 5.76. The number of benzene rings is 5. The van der Waals surface area contributed by atoms with Gasteiger partial charge in [-0.25, -0.2) is 0 Å². The third-order valence-electron chi connectivity index (χ3n) is 5.94. The third kappa shape index (κ3) is 2.06. The highest BCUT2D eigenvalue weighted by Gasteiger charge is 2.26. The van der Waals surface area contributed by atoms with Crippen LogP contribution in [0.1, 0.15) is 0 Å². The van der Waals surface area contributed by atoms with Gasteiger partial charge in [-0.05, 0) is 45.6 Å². The summed E-state index contributed by atoms with van der Waals surface area (Å²) in [6, 6.07) is 30.9. The monoisotopic (exact) mass is 405 g/mol. The molecule has 1 N–H and O–H groups in total. The summed E-state index contributed by atoms with van der Waals surface area (Å²) in [4.78, 5) is 1.29. The lowest BCUT2D eigenvalue weighted by Crippen LogP contribution is -2.01. The zero-order valence-corrected chi connectivity index (χ0v) is 17.0. The Morgan fingerprint density at radius 1 is 0.586 bits per heavy atom. The molecule has 1 aliphatic rings. The molecule has 5 aromatic carbocycles. The Bertz CT molecular complexity index is 1610. The van der Waals surface area contributed by atoms with Crippen LogP contribution in [0, 0.1) is 0 Å². The predicted octanol–water partition coefficient (Wildman–Crippen LogP) is 8.46. The Morgan fingerprint density at radius 2 is 1.31 bits per heavy atom. The molecular weight excluding hydrogens is 390 g/mol. The molecule has 0 radical (unpaired) electrons. The van der Waals surface area contributed by atoms with Crippen LogP contribution >= 0.6 is 23.3 Å². The molecule has 0 atom stereocenters. The molecule has 0 saturated heterocycles. The van der Waals surface area contributed by atoms with Gasteiger partial charge in [0.2, 0.25) is 0 Å². The number of anilines is 1. The molecular formula is C26H15NS2. The number of thiophene rings is 1. The van der Waals surface area contributed by atoms with Crippen LogP contribution in [-0.2, 0) is 0 Å². The summed E-state index contributed by atoms with van der Waals surface area (Å²) in [6.07, 6.45) is 0. The highest BCUT2D eigenvalue weighted by molar-refractivity contribution is 8.00. The first-order valence-corrected chi connectivity index (χ1v) is 11.3. The summed E-state index contributed by atoms with van der Waals surface area (Å²) in [6.45, 7) is 0. The first-order valence-electron chi connectivity index (χ1n) is 9.71. The lowest BCUT2D eigenvalue weighted by Gasteiger charge is -2.25. The Balaban J connectivity index is 1.78. The van der Waals surface area contributed by atoms with Crippen molar-refractivity contribution in [2.45, 2.75) is 4.90 Å². The second-order valence-corrected chi connectivity index (χ2v) is 9.36. The molecule has 0 spiro atoms. The van der Waals surface area contributed by atoms with E-state index in [1.165, 1.54) is 63.4 Å². The highest BCUT2D eigenvalue weighted by atomic mass is 32.2. The van der Waals surface area contributed by atoms with E-state index >= 15 is 0 Å². The van der Waals surface area contributed by atoms with Crippen molar-refractivity contribution in [2.75, 3.05) is 4.72 Å². The van der Waals surface area contributed by atoms with E-state index in [9.17, 15) is 0 Å². The molecule has 0 saturated carbocycles. The lowest BCUT2D eigenvalue weighted by molar-refractivity contribution is 1.48. The van der Waals surface area contributed by atoms with Gasteiger partial charge in [-0.3, -0.25) is 0 Å². The normalized spacial score (nSPS) is 13.0. The maximum atomic E-state index is 3.71. The SMILES string of the molecule is c1ccc2c3c(ccc2c1)SNc1c-3c2ccccc2c2c1sc1ccccc12. The van der Waals surface area contributed by atoms with Crippen molar-refractivity contribution in [3.8, 4) is 11.1 Å². The van der Waals surface area contributed by atoms with Crippen molar-refractivity contribution in [2.24, 2.45) is 0 Å². The fraction of sp³-hybridized carbons (Fsp3) is 0. The maximum absolute atomic E-state index is 3.71. The summed E-state index contributed by atoms with van der Waals surface area (Å²) >= 11 is 3.63. The molecule has 0 aliphatic carbocycles. The topological polar surface area (TPSA) is 12.0 Å². The Hall–Kier alpha value is -3.01. The smallest absolute Gasteiger partial charge is 0.0710 e. The molecule has 6 aromatic rings. The number of rotatable bonds is 0. The van der Waals surface area contributed by atoms with Crippen LogP contribution in [0.15, 0.2) is 89.8 Å². The summed E-state index contributed by atoms with van der Waals surface area (Å²) in [5, 5.41) is 8.00. The second-order valence-electron chi connectivity index (χ2n) is 7.46. The average molecular weight is 406 g/mol. The van der Waals surface area contributed by atoms with Crippen molar-refractivity contribution in [1.82, 2.24) is 0 Å². The van der Waals surface area contributed by atoms with Crippen molar-refractivity contribution in [3.05, 3.63) is 84.9 Å². The standard InChI is InChI=1S/C26H15NS2/c1-2-8-16-15(7-1)13-14-21-23(16)24-18-10-4-3-9-17(18)22-19-11-5-6-12-20(19)28-26(22)25(24)27-29-21/h1-14,27H. The molecule has 0 unspecified atom stereocenters. The van der Waals surface area contributed by atoms with Crippen LogP contribution in [-0.4, -0.2) is 0 Å². The molecule has 0 fully saturated rings. The molecule has 1 nitrogen and oxygen atoms in total. The first kappa shape index (κ1) is 15.9. The third-order valence-corrected chi connectivity index (χ3v) is 8.00. The Kier molecular flexibility index (Phi) is 3.15. The molecule has 2 heterocycles. The van der Waals surface area contributed by atoms with Gasteiger partial charge in [0.15, 0.2) is 0 Å². The average Bonchev–Trinajstić information content (AvgIpc) is 3.18. The highest BCUT2D eigenvalue weighted by Crippen LogP contribution is 2.54. The van der Waals surface area contributed by atoms with Crippen LogP contribution < -0.4 is 4.72 Å². The van der Waals surface area contributed by atoms with Gasteiger partial charge >= 0.3 is 0 Å². The van der Waals surface area contributed by atoms with Gasteiger partial charge in [0.05, 0.1) is 10.4 Å². The number of fused-ring (bicyclic) bond motifs is 12. The number of nitrogens with one attached hydrogen (secondary N) is 1. The summed E-state index contributed by atoms with van der Waals surface area (Å²) in [7, 11) is 0. The molecule has 136 valence electrons. The number of hydrogen-bond donors (Lipinski definition) is 1. The molecule has 1 aliphatic heterocycles. The minimum Gasteiger partial charge on any atom is -0.324 e. The van der Waals surface area contributed by atoms with Crippen molar-refractivity contribution >= 4 is 70.7 Å². The van der Waals surface area contributed by atoms with E-state index in [0.29, 0.717) is 0 Å². The van der Waals surface area contributed by atoms with E-state index in [1.807, 2.05) is 11.3 Å². The van der Waals surface area contributed by atoms with Crippen molar-refractivity contribution in [3.63, 3.8) is 0 Å². The van der Waals surface area contributed by atoms with Crippen molar-refractivity contribution in [1.29, 1.82) is 0 Å². The van der Waals surface area contributed by atoms with Crippen LogP contribution in [0.5, 0.6) is 0 Å². The van der Waals surface area contributed by atoms with Crippen molar-refractivity contribution < 1.29 is 0 Å². The zero-order valence-electron chi connectivity index (χ0n) is 15.4. The summed E-state index contributed by atoms with van der Waals surface area (Å²) in [5.74, 6) is 0. The largest absolute Gasteiger partial charge is 0.324 e. The van der Waals surface area contributed by atoms with Gasteiger partial charge < -0.3 is 4.72 Å². The van der Waals surface area contributed by atoms with Crippen LogP contribution in [0.3, 0.4) is 0 Å². The summed E-state index contributed by atoms with van der Waals surface area (Å²) in [5.41, 5.74) is 3.95. The van der Waals surface area contributed by atoms with Gasteiger partial charge in [0.25, 0.3) is 0 Å². The van der Waals surface area contributed by atoms with E-state index < -0.39 is 0 Å². The van der Waals surface area contributed by atoms with E-state index in [4.69, 9.17) is 0 Å².